The number of aliphatic imine (C=N–C) groups is 2. The first kappa shape index (κ1) is 33.7. The van der Waals surface area contributed by atoms with Gasteiger partial charge < -0.3 is 10.2 Å². The van der Waals surface area contributed by atoms with E-state index in [-0.39, 0.29) is 30.1 Å². The van der Waals surface area contributed by atoms with Crippen LogP contribution in [0.4, 0.5) is 0 Å². The Bertz CT molecular complexity index is 1140. The first-order chi connectivity index (χ1) is 17.4. The summed E-state index contributed by atoms with van der Waals surface area (Å²) in [6.45, 7) is 17.4. The monoisotopic (exact) mass is 708 g/mol. The van der Waals surface area contributed by atoms with Crippen molar-refractivity contribution < 1.29 is 28.7 Å². The number of aryl methyl sites for hydroxylation is 6. The molecule has 4 nitrogen and oxygen atoms in total. The van der Waals surface area contributed by atoms with Crippen LogP contribution in [0.25, 0.3) is 11.5 Å². The first-order valence-electron chi connectivity index (χ1n) is 12.4. The van der Waals surface area contributed by atoms with Crippen molar-refractivity contribution in [3.8, 4) is 0 Å². The Morgan fingerprint density at radius 2 is 1.11 bits per heavy atom. The van der Waals surface area contributed by atoms with E-state index in [1.807, 2.05) is 41.5 Å². The number of allylic oxidation sites excluding steroid dienone is 2. The number of rotatable bonds is 9. The fourth-order valence-electron chi connectivity index (χ4n) is 4.46. The zero-order valence-electron chi connectivity index (χ0n) is 23.3. The summed E-state index contributed by atoms with van der Waals surface area (Å²) in [5.74, 6) is 0.512. The molecule has 2 aromatic carbocycles. The average Bonchev–Trinajstić information content (AvgIpc) is 2.78. The van der Waals surface area contributed by atoms with Crippen LogP contribution in [-0.2, 0) is 25.0 Å². The summed E-state index contributed by atoms with van der Waals surface area (Å²) in [7, 11) is 0. The normalized spacial score (nSPS) is 12.8. The van der Waals surface area contributed by atoms with Crippen LogP contribution in [0.2, 0.25) is 0 Å². The van der Waals surface area contributed by atoms with Gasteiger partial charge in [-0.1, -0.05) is 36.8 Å². The summed E-state index contributed by atoms with van der Waals surface area (Å²) in [5, 5.41) is 21.2. The zero-order valence-corrected chi connectivity index (χ0v) is 29.0. The summed E-state index contributed by atoms with van der Waals surface area (Å²) in [5.41, 5.74) is 10.1. The molecule has 0 atom stereocenters. The van der Waals surface area contributed by atoms with Crippen LogP contribution in [-0.4, -0.2) is 34.7 Å². The van der Waals surface area contributed by atoms with Crippen LogP contribution in [0.15, 0.2) is 46.4 Å². The van der Waals surface area contributed by atoms with Gasteiger partial charge in [-0.2, -0.15) is 0 Å². The molecule has 0 amide bonds. The molecule has 37 heavy (non-hydrogen) atoms. The van der Waals surface area contributed by atoms with Gasteiger partial charge in [0.1, 0.15) is 11.5 Å². The summed E-state index contributed by atoms with van der Waals surface area (Å²) in [6, 6.07) is 8.42. The van der Waals surface area contributed by atoms with Crippen molar-refractivity contribution in [3.05, 3.63) is 80.9 Å². The first-order valence-corrected chi connectivity index (χ1v) is 23.7. The van der Waals surface area contributed by atoms with E-state index in [0.29, 0.717) is 13.1 Å². The minimum atomic E-state index is -0.145. The van der Waals surface area contributed by atoms with Gasteiger partial charge in [-0.25, -0.2) is 0 Å². The molecule has 0 unspecified atom stereocenters. The van der Waals surface area contributed by atoms with E-state index >= 15 is 0 Å². The third-order valence-electron chi connectivity index (χ3n) is 5.92. The Kier molecular flexibility index (Phi) is 15.8. The van der Waals surface area contributed by atoms with Crippen LogP contribution >= 0.6 is 24.4 Å². The molecule has 200 valence electrons. The standard InChI is InChI=1S/C30H40N2O2.2BrH.Zr/c1-9-26-15-22(5)30(23(6)16-26)28(34)18-25(8)32-12-10-11-31-24(7)17-27(33)29-20(3)13-19(2)14-21(29)4;;;/h13-18,33-34H,9-12H2,1-8H3;2*1H;/q;;;+2/p-2/b27-17-,28-18-,31-24?,32-25?;;;. The van der Waals surface area contributed by atoms with Crippen LogP contribution in [0.3, 0.4) is 0 Å². The number of aliphatic hydroxyl groups is 2. The molecule has 2 rings (SSSR count). The second-order valence-corrected chi connectivity index (χ2v) is 20.6. The molecule has 0 aliphatic carbocycles. The average molecular weight is 712 g/mol. The maximum atomic E-state index is 10.7. The van der Waals surface area contributed by atoms with E-state index in [1.165, 1.54) is 11.1 Å². The molecule has 0 aromatic heterocycles. The van der Waals surface area contributed by atoms with Crippen LogP contribution < -0.4 is 0 Å². The Morgan fingerprint density at radius 1 is 0.757 bits per heavy atom. The van der Waals surface area contributed by atoms with E-state index in [4.69, 9.17) is 0 Å². The zero-order chi connectivity index (χ0) is 28.1. The summed E-state index contributed by atoms with van der Waals surface area (Å²) in [4.78, 5) is 9.12. The van der Waals surface area contributed by atoms with Crippen LogP contribution in [0.5, 0.6) is 0 Å². The van der Waals surface area contributed by atoms with Gasteiger partial charge in [-0.15, -0.1) is 0 Å². The second kappa shape index (κ2) is 17.3. The van der Waals surface area contributed by atoms with E-state index in [1.54, 1.807) is 12.2 Å². The fraction of sp³-hybridized carbons (Fsp3) is 0.400. The van der Waals surface area contributed by atoms with Gasteiger partial charge in [-0.05, 0) is 89.1 Å². The van der Waals surface area contributed by atoms with E-state index in [0.717, 1.165) is 57.6 Å². The summed E-state index contributed by atoms with van der Waals surface area (Å²) < 4.78 is 0. The van der Waals surface area contributed by atoms with Crippen molar-refractivity contribution in [2.24, 2.45) is 9.98 Å². The van der Waals surface area contributed by atoms with Gasteiger partial charge in [0.25, 0.3) is 0 Å². The number of nitrogens with zero attached hydrogens (tertiary/aromatic N) is 2. The fourth-order valence-corrected chi connectivity index (χ4v) is 4.46. The van der Waals surface area contributed by atoms with Crippen molar-refractivity contribution in [3.63, 3.8) is 0 Å². The quantitative estimate of drug-likeness (QED) is 0.155. The molecule has 0 bridgehead atoms. The van der Waals surface area contributed by atoms with Gasteiger partial charge in [0.2, 0.25) is 0 Å². The van der Waals surface area contributed by atoms with E-state index in [2.05, 4.69) is 72.5 Å². The number of hydrogen-bond donors (Lipinski definition) is 2. The predicted molar refractivity (Wildman–Crippen MR) is 166 cm³/mol. The number of halogens is 2. The van der Waals surface area contributed by atoms with Crippen molar-refractivity contribution in [2.75, 3.05) is 13.1 Å². The SMILES string of the molecule is CCc1cc(C)c(/C(O)=C/C(C)=NCCCN=C(C)/C=C(\O)c2c(C)cc(C)cc2C)c(C)c1.[Br][Zr][Br]. The van der Waals surface area contributed by atoms with Crippen LogP contribution in [0, 0.1) is 34.6 Å². The van der Waals surface area contributed by atoms with Gasteiger partial charge in [0.15, 0.2) is 0 Å². The predicted octanol–water partition coefficient (Wildman–Crippen LogP) is 9.29. The molecular formula is C30H40Br2N2O2Zr. The Labute approximate surface area is 246 Å². The van der Waals surface area contributed by atoms with E-state index < -0.39 is 0 Å². The van der Waals surface area contributed by atoms with Crippen molar-refractivity contribution in [1.82, 2.24) is 0 Å². The Hall–Kier alpha value is -1.30. The van der Waals surface area contributed by atoms with Crippen molar-refractivity contribution in [1.29, 1.82) is 0 Å². The third kappa shape index (κ3) is 11.5. The molecule has 0 spiro atoms. The summed E-state index contributed by atoms with van der Waals surface area (Å²) >= 11 is 6.32. The molecule has 7 heteroatoms. The van der Waals surface area contributed by atoms with Crippen molar-refractivity contribution in [2.45, 2.75) is 68.2 Å². The molecule has 0 heterocycles. The molecule has 0 radical (unpaired) electrons. The maximum absolute atomic E-state index is 10.7. The summed E-state index contributed by atoms with van der Waals surface area (Å²) in [6.07, 6.45) is 5.25. The number of aliphatic hydroxyl groups excluding tert-OH is 2. The molecule has 0 saturated heterocycles. The molecule has 0 saturated carbocycles. The third-order valence-corrected chi connectivity index (χ3v) is 5.92. The number of benzene rings is 2. The van der Waals surface area contributed by atoms with Gasteiger partial charge >= 0.3 is 43.0 Å². The molecule has 0 aliphatic rings. The molecular weight excluding hydrogens is 671 g/mol. The molecule has 2 N–H and O–H groups in total. The van der Waals surface area contributed by atoms with E-state index in [9.17, 15) is 10.2 Å². The topological polar surface area (TPSA) is 65.2 Å². The molecule has 0 fully saturated rings. The second-order valence-electron chi connectivity index (χ2n) is 9.26. The molecule has 0 aliphatic heterocycles. The number of hydrogen-bond acceptors (Lipinski definition) is 4. The Morgan fingerprint density at radius 3 is 1.46 bits per heavy atom. The van der Waals surface area contributed by atoms with Gasteiger partial charge in [-0.3, -0.25) is 9.98 Å². The van der Waals surface area contributed by atoms with Gasteiger partial charge in [0, 0.05) is 47.8 Å². The molecule has 2 aromatic rings. The van der Waals surface area contributed by atoms with Gasteiger partial charge in [0.05, 0.1) is 0 Å². The van der Waals surface area contributed by atoms with Crippen LogP contribution in [0.1, 0.15) is 71.7 Å². The Balaban J connectivity index is 0.00000217. The minimum absolute atomic E-state index is 0.145. The van der Waals surface area contributed by atoms with Crippen molar-refractivity contribution >= 4 is 47.4 Å².